The molecule has 1 aliphatic heterocycles. The Kier molecular flexibility index (Phi) is 5.21. The predicted molar refractivity (Wildman–Crippen MR) is 91.5 cm³/mol. The zero-order chi connectivity index (χ0) is 16.2. The van der Waals surface area contributed by atoms with Crippen molar-refractivity contribution in [1.82, 2.24) is 10.2 Å². The summed E-state index contributed by atoms with van der Waals surface area (Å²) in [6.45, 7) is 3.82. The fourth-order valence-corrected chi connectivity index (χ4v) is 3.95. The fourth-order valence-electron chi connectivity index (χ4n) is 3.95. The van der Waals surface area contributed by atoms with E-state index in [2.05, 4.69) is 36.5 Å². The highest BCUT2D eigenvalue weighted by Gasteiger charge is 2.28. The number of aliphatic hydroxyl groups is 1. The number of piperidine rings is 1. The van der Waals surface area contributed by atoms with Crippen LogP contribution in [0.2, 0.25) is 0 Å². The van der Waals surface area contributed by atoms with Gasteiger partial charge in [0.1, 0.15) is 0 Å². The predicted octanol–water partition coefficient (Wildman–Crippen LogP) is 3.19. The molecule has 2 aliphatic rings. The topological polar surface area (TPSA) is 52.6 Å². The van der Waals surface area contributed by atoms with E-state index < -0.39 is 0 Å². The number of hydrogen-bond donors (Lipinski definition) is 2. The molecular weight excluding hydrogens is 288 g/mol. The second kappa shape index (κ2) is 7.35. The molecule has 0 aromatic heterocycles. The van der Waals surface area contributed by atoms with E-state index in [9.17, 15) is 9.90 Å². The van der Waals surface area contributed by atoms with Crippen molar-refractivity contribution in [1.29, 1.82) is 0 Å². The Hall–Kier alpha value is -1.55. The Labute approximate surface area is 138 Å². The lowest BCUT2D eigenvalue weighted by atomic mass is 9.88. The smallest absolute Gasteiger partial charge is 0.317 e. The summed E-state index contributed by atoms with van der Waals surface area (Å²) in [6, 6.07) is 8.82. The minimum atomic E-state index is -0.177. The molecule has 1 heterocycles. The van der Waals surface area contributed by atoms with Crippen LogP contribution in [-0.4, -0.2) is 41.3 Å². The normalized spacial score (nSPS) is 28.4. The molecule has 0 bridgehead atoms. The molecule has 2 N–H and O–H groups in total. The zero-order valence-electron chi connectivity index (χ0n) is 14.0. The quantitative estimate of drug-likeness (QED) is 0.880. The summed E-state index contributed by atoms with van der Waals surface area (Å²) in [6.07, 6.45) is 5.43. The number of urea groups is 1. The van der Waals surface area contributed by atoms with Gasteiger partial charge in [-0.05, 0) is 56.6 Å². The van der Waals surface area contributed by atoms with Crippen LogP contribution < -0.4 is 5.32 Å². The Bertz CT molecular complexity index is 538. The summed E-state index contributed by atoms with van der Waals surface area (Å²) in [4.78, 5) is 14.5. The molecule has 1 unspecified atom stereocenters. The van der Waals surface area contributed by atoms with E-state index in [1.54, 1.807) is 0 Å². The van der Waals surface area contributed by atoms with Crippen LogP contribution in [0.25, 0.3) is 0 Å². The first-order valence-electron chi connectivity index (χ1n) is 8.92. The van der Waals surface area contributed by atoms with Crippen molar-refractivity contribution in [3.8, 4) is 0 Å². The standard InChI is InChI=1S/C19H28N2O2/c1-14-5-2-3-7-18(14)15-6-4-12-21(13-15)19(23)20-16-8-10-17(22)11-9-16/h2-3,5,7,15-17,22H,4,6,8-13H2,1H3,(H,20,23). The highest BCUT2D eigenvalue weighted by Crippen LogP contribution is 2.29. The third-order valence-corrected chi connectivity index (χ3v) is 5.36. The minimum Gasteiger partial charge on any atom is -0.393 e. The Morgan fingerprint density at radius 1 is 1.17 bits per heavy atom. The first kappa shape index (κ1) is 16.3. The monoisotopic (exact) mass is 316 g/mol. The van der Waals surface area contributed by atoms with Gasteiger partial charge >= 0.3 is 6.03 Å². The maximum atomic E-state index is 12.6. The van der Waals surface area contributed by atoms with Gasteiger partial charge < -0.3 is 15.3 Å². The minimum absolute atomic E-state index is 0.0738. The summed E-state index contributed by atoms with van der Waals surface area (Å²) in [7, 11) is 0. The van der Waals surface area contributed by atoms with Crippen LogP contribution in [0.5, 0.6) is 0 Å². The Morgan fingerprint density at radius 2 is 1.91 bits per heavy atom. The van der Waals surface area contributed by atoms with E-state index in [4.69, 9.17) is 0 Å². The van der Waals surface area contributed by atoms with Crippen LogP contribution in [0.3, 0.4) is 0 Å². The van der Waals surface area contributed by atoms with Crippen LogP contribution in [0, 0.1) is 6.92 Å². The van der Waals surface area contributed by atoms with Gasteiger partial charge in [0.15, 0.2) is 0 Å². The second-order valence-electron chi connectivity index (χ2n) is 7.10. The number of rotatable bonds is 2. The van der Waals surface area contributed by atoms with Crippen molar-refractivity contribution in [2.75, 3.05) is 13.1 Å². The highest BCUT2D eigenvalue weighted by molar-refractivity contribution is 5.74. The molecule has 3 rings (SSSR count). The number of amides is 2. The van der Waals surface area contributed by atoms with Gasteiger partial charge in [-0.3, -0.25) is 0 Å². The number of nitrogens with one attached hydrogen (secondary N) is 1. The van der Waals surface area contributed by atoms with Crippen molar-refractivity contribution in [3.63, 3.8) is 0 Å². The SMILES string of the molecule is Cc1ccccc1C1CCCN(C(=O)NC2CCC(O)CC2)C1. The molecule has 126 valence electrons. The summed E-state index contributed by atoms with van der Waals surface area (Å²) < 4.78 is 0. The van der Waals surface area contributed by atoms with E-state index in [0.29, 0.717) is 5.92 Å². The van der Waals surface area contributed by atoms with Crippen LogP contribution in [-0.2, 0) is 0 Å². The molecule has 23 heavy (non-hydrogen) atoms. The Balaban J connectivity index is 1.58. The number of carbonyl (C=O) groups excluding carboxylic acids is 1. The van der Waals surface area contributed by atoms with Gasteiger partial charge in [-0.2, -0.15) is 0 Å². The maximum Gasteiger partial charge on any atom is 0.317 e. The molecule has 1 saturated carbocycles. The van der Waals surface area contributed by atoms with E-state index in [1.165, 1.54) is 11.1 Å². The van der Waals surface area contributed by atoms with Gasteiger partial charge in [0.2, 0.25) is 0 Å². The molecule has 0 radical (unpaired) electrons. The molecule has 4 heteroatoms. The third-order valence-electron chi connectivity index (χ3n) is 5.36. The number of benzene rings is 1. The molecule has 4 nitrogen and oxygen atoms in total. The lowest BCUT2D eigenvalue weighted by Crippen LogP contribution is -2.49. The molecule has 1 aromatic carbocycles. The highest BCUT2D eigenvalue weighted by atomic mass is 16.3. The van der Waals surface area contributed by atoms with Crippen molar-refractivity contribution in [3.05, 3.63) is 35.4 Å². The molecule has 1 aromatic rings. The van der Waals surface area contributed by atoms with Crippen molar-refractivity contribution in [2.24, 2.45) is 0 Å². The maximum absolute atomic E-state index is 12.6. The average Bonchev–Trinajstić information content (AvgIpc) is 2.57. The number of aliphatic hydroxyl groups excluding tert-OH is 1. The van der Waals surface area contributed by atoms with Crippen LogP contribution in [0.4, 0.5) is 4.79 Å². The number of carbonyl (C=O) groups is 1. The van der Waals surface area contributed by atoms with Crippen LogP contribution in [0.15, 0.2) is 24.3 Å². The molecule has 1 saturated heterocycles. The molecule has 1 aliphatic carbocycles. The van der Waals surface area contributed by atoms with E-state index in [-0.39, 0.29) is 18.2 Å². The fraction of sp³-hybridized carbons (Fsp3) is 0.632. The van der Waals surface area contributed by atoms with E-state index in [1.807, 2.05) is 4.90 Å². The number of likely N-dealkylation sites (tertiary alicyclic amines) is 1. The summed E-state index contributed by atoms with van der Waals surface area (Å²) in [5, 5.41) is 12.7. The first-order chi connectivity index (χ1) is 11.1. The summed E-state index contributed by atoms with van der Waals surface area (Å²) in [5.41, 5.74) is 2.70. The lowest BCUT2D eigenvalue weighted by molar-refractivity contribution is 0.114. The molecule has 2 fully saturated rings. The van der Waals surface area contributed by atoms with Gasteiger partial charge in [-0.1, -0.05) is 24.3 Å². The number of aryl methyl sites for hydroxylation is 1. The van der Waals surface area contributed by atoms with Crippen LogP contribution >= 0.6 is 0 Å². The van der Waals surface area contributed by atoms with Gasteiger partial charge in [0.25, 0.3) is 0 Å². The molecule has 1 atom stereocenters. The molecule has 0 spiro atoms. The molecule has 2 amide bonds. The van der Waals surface area contributed by atoms with Gasteiger partial charge in [0, 0.05) is 25.0 Å². The van der Waals surface area contributed by atoms with Crippen molar-refractivity contribution < 1.29 is 9.90 Å². The van der Waals surface area contributed by atoms with Crippen LogP contribution in [0.1, 0.15) is 55.6 Å². The summed E-state index contributed by atoms with van der Waals surface area (Å²) >= 11 is 0. The number of nitrogens with zero attached hydrogens (tertiary/aromatic N) is 1. The average molecular weight is 316 g/mol. The number of hydrogen-bond acceptors (Lipinski definition) is 2. The van der Waals surface area contributed by atoms with Gasteiger partial charge in [0.05, 0.1) is 6.10 Å². The second-order valence-corrected chi connectivity index (χ2v) is 7.10. The van der Waals surface area contributed by atoms with E-state index in [0.717, 1.165) is 51.6 Å². The lowest BCUT2D eigenvalue weighted by Gasteiger charge is -2.35. The van der Waals surface area contributed by atoms with Crippen molar-refractivity contribution >= 4 is 6.03 Å². The first-order valence-corrected chi connectivity index (χ1v) is 8.92. The van der Waals surface area contributed by atoms with Gasteiger partial charge in [-0.15, -0.1) is 0 Å². The summed E-state index contributed by atoms with van der Waals surface area (Å²) in [5.74, 6) is 0.448. The van der Waals surface area contributed by atoms with E-state index >= 15 is 0 Å². The van der Waals surface area contributed by atoms with Gasteiger partial charge in [-0.25, -0.2) is 4.79 Å². The molecular formula is C19H28N2O2. The third kappa shape index (κ3) is 4.05. The zero-order valence-corrected chi connectivity index (χ0v) is 14.0. The largest absolute Gasteiger partial charge is 0.393 e. The van der Waals surface area contributed by atoms with Crippen molar-refractivity contribution in [2.45, 2.75) is 63.5 Å². The Morgan fingerprint density at radius 3 is 2.65 bits per heavy atom.